The number of anilines is 1. The molecule has 3 rings (SSSR count). The highest BCUT2D eigenvalue weighted by molar-refractivity contribution is 5.92. The quantitative estimate of drug-likeness (QED) is 0.586. The molecule has 0 bridgehead atoms. The largest absolute Gasteiger partial charge is 0.491 e. The van der Waals surface area contributed by atoms with Gasteiger partial charge in [0.25, 0.3) is 0 Å². The van der Waals surface area contributed by atoms with E-state index >= 15 is 0 Å². The number of pyridine rings is 2. The lowest BCUT2D eigenvalue weighted by molar-refractivity contribution is -0.116. The van der Waals surface area contributed by atoms with Gasteiger partial charge in [-0.2, -0.15) is 0 Å². The Hall–Kier alpha value is -3.48. The monoisotopic (exact) mass is 381 g/mol. The molecule has 0 unspecified atom stereocenters. The first-order valence-electron chi connectivity index (χ1n) is 8.76. The molecule has 0 saturated heterocycles. The zero-order valence-corrected chi connectivity index (χ0v) is 15.4. The summed E-state index contributed by atoms with van der Waals surface area (Å²) in [5.41, 5.74) is 1.27. The number of carbonyl (C=O) groups is 1. The molecular formula is C21H20FN3O3. The van der Waals surface area contributed by atoms with Crippen LogP contribution >= 0.6 is 0 Å². The molecule has 144 valence electrons. The van der Waals surface area contributed by atoms with Crippen LogP contribution < -0.4 is 14.4 Å². The zero-order valence-electron chi connectivity index (χ0n) is 15.4. The fourth-order valence-corrected chi connectivity index (χ4v) is 2.64. The highest BCUT2D eigenvalue weighted by Gasteiger charge is 2.20. The zero-order chi connectivity index (χ0) is 19.8. The average molecular weight is 381 g/mol. The number of rotatable bonds is 8. The van der Waals surface area contributed by atoms with Crippen LogP contribution in [0.4, 0.5) is 10.1 Å². The van der Waals surface area contributed by atoms with E-state index in [1.165, 1.54) is 6.92 Å². The summed E-state index contributed by atoms with van der Waals surface area (Å²) in [6.07, 6.45) is 4.81. The number of benzene rings is 1. The number of aromatic nitrogens is 2. The summed E-state index contributed by atoms with van der Waals surface area (Å²) in [5.74, 6) is 1.20. The number of amides is 1. The molecule has 0 radical (unpaired) electrons. The fourth-order valence-electron chi connectivity index (χ4n) is 2.64. The topological polar surface area (TPSA) is 64.6 Å². The summed E-state index contributed by atoms with van der Waals surface area (Å²) in [7, 11) is 0. The molecule has 2 heterocycles. The highest BCUT2D eigenvalue weighted by atomic mass is 19.1. The van der Waals surface area contributed by atoms with Crippen molar-refractivity contribution < 1.29 is 18.7 Å². The molecule has 0 spiro atoms. The predicted octanol–water partition coefficient (Wildman–Crippen LogP) is 4.17. The highest BCUT2D eigenvalue weighted by Crippen LogP contribution is 2.32. The normalized spacial score (nSPS) is 10.4. The maximum Gasteiger partial charge on any atom is 0.243 e. The molecule has 0 aliphatic carbocycles. The Labute approximate surface area is 162 Å². The second kappa shape index (κ2) is 9.45. The number of carbonyl (C=O) groups excluding carboxylic acids is 1. The molecule has 0 aliphatic rings. The third-order valence-electron chi connectivity index (χ3n) is 3.92. The van der Waals surface area contributed by atoms with Gasteiger partial charge in [0, 0.05) is 31.1 Å². The van der Waals surface area contributed by atoms with Gasteiger partial charge in [0.05, 0.1) is 6.54 Å². The van der Waals surface area contributed by atoms with Gasteiger partial charge in [-0.05, 0) is 30.3 Å². The van der Waals surface area contributed by atoms with Crippen LogP contribution in [-0.2, 0) is 11.3 Å². The number of ether oxygens (including phenoxy) is 2. The molecular weight excluding hydrogens is 361 g/mol. The molecule has 0 saturated carbocycles. The van der Waals surface area contributed by atoms with Gasteiger partial charge in [0.2, 0.25) is 11.8 Å². The summed E-state index contributed by atoms with van der Waals surface area (Å²) in [6, 6.07) is 14.1. The second-order valence-corrected chi connectivity index (χ2v) is 5.86. The van der Waals surface area contributed by atoms with Crippen molar-refractivity contribution in [3.8, 4) is 17.4 Å². The van der Waals surface area contributed by atoms with Crippen LogP contribution in [0.5, 0.6) is 17.4 Å². The maximum atomic E-state index is 12.5. The number of alkyl halides is 1. The van der Waals surface area contributed by atoms with Crippen molar-refractivity contribution in [2.75, 3.05) is 18.2 Å². The van der Waals surface area contributed by atoms with Crippen LogP contribution in [0.1, 0.15) is 12.5 Å². The van der Waals surface area contributed by atoms with Crippen molar-refractivity contribution in [3.05, 3.63) is 72.7 Å². The Morgan fingerprint density at radius 3 is 2.61 bits per heavy atom. The molecule has 3 aromatic rings. The van der Waals surface area contributed by atoms with E-state index in [9.17, 15) is 9.18 Å². The van der Waals surface area contributed by atoms with E-state index in [0.29, 0.717) is 23.1 Å². The van der Waals surface area contributed by atoms with E-state index in [0.717, 1.165) is 5.56 Å². The molecule has 0 fully saturated rings. The fraction of sp³-hybridized carbons (Fsp3) is 0.190. The molecule has 1 aromatic carbocycles. The van der Waals surface area contributed by atoms with Crippen molar-refractivity contribution >= 4 is 11.6 Å². The van der Waals surface area contributed by atoms with Gasteiger partial charge >= 0.3 is 0 Å². The van der Waals surface area contributed by atoms with Crippen LogP contribution in [0.25, 0.3) is 0 Å². The average Bonchev–Trinajstić information content (AvgIpc) is 2.72. The van der Waals surface area contributed by atoms with Gasteiger partial charge in [-0.25, -0.2) is 9.37 Å². The SMILES string of the molecule is CC(=O)N(Cc1ccccc1OCCF)c1cccnc1Oc1ccncc1. The first-order chi connectivity index (χ1) is 13.7. The number of halogens is 1. The maximum absolute atomic E-state index is 12.5. The summed E-state index contributed by atoms with van der Waals surface area (Å²) >= 11 is 0. The van der Waals surface area contributed by atoms with E-state index in [4.69, 9.17) is 9.47 Å². The van der Waals surface area contributed by atoms with Crippen LogP contribution in [0, 0.1) is 0 Å². The van der Waals surface area contributed by atoms with Gasteiger partial charge in [0.1, 0.15) is 30.5 Å². The van der Waals surface area contributed by atoms with Crippen LogP contribution in [-0.4, -0.2) is 29.2 Å². The minimum absolute atomic E-state index is 0.0413. The van der Waals surface area contributed by atoms with E-state index < -0.39 is 6.67 Å². The Balaban J connectivity index is 1.91. The molecule has 7 heteroatoms. The van der Waals surface area contributed by atoms with E-state index in [1.807, 2.05) is 12.1 Å². The molecule has 28 heavy (non-hydrogen) atoms. The Morgan fingerprint density at radius 1 is 1.07 bits per heavy atom. The lowest BCUT2D eigenvalue weighted by Gasteiger charge is -2.24. The molecule has 6 nitrogen and oxygen atoms in total. The summed E-state index contributed by atoms with van der Waals surface area (Å²) in [5, 5.41) is 0. The number of hydrogen-bond donors (Lipinski definition) is 0. The van der Waals surface area contributed by atoms with Gasteiger partial charge < -0.3 is 14.4 Å². The minimum atomic E-state index is -0.586. The van der Waals surface area contributed by atoms with Gasteiger partial charge in [-0.15, -0.1) is 0 Å². The van der Waals surface area contributed by atoms with Gasteiger partial charge in [0.15, 0.2) is 0 Å². The number of nitrogens with zero attached hydrogens (tertiary/aromatic N) is 3. The summed E-state index contributed by atoms with van der Waals surface area (Å²) in [6.45, 7) is 1.07. The lowest BCUT2D eigenvalue weighted by atomic mass is 10.1. The van der Waals surface area contributed by atoms with Crippen LogP contribution in [0.15, 0.2) is 67.1 Å². The molecule has 1 amide bonds. The molecule has 0 aliphatic heterocycles. The lowest BCUT2D eigenvalue weighted by Crippen LogP contribution is -2.28. The standard InChI is InChI=1S/C21H20FN3O3/c1-16(26)25(15-17-5-2-3-7-20(17)27-14-10-22)19-6-4-11-24-21(19)28-18-8-12-23-13-9-18/h2-9,11-13H,10,14-15H2,1H3. The van der Waals surface area contributed by atoms with Crippen molar-refractivity contribution in [3.63, 3.8) is 0 Å². The smallest absolute Gasteiger partial charge is 0.243 e. The Bertz CT molecular complexity index is 922. The Kier molecular flexibility index (Phi) is 6.51. The van der Waals surface area contributed by atoms with Crippen LogP contribution in [0.2, 0.25) is 0 Å². The number of hydrogen-bond acceptors (Lipinski definition) is 5. The first-order valence-corrected chi connectivity index (χ1v) is 8.76. The van der Waals surface area contributed by atoms with E-state index in [1.54, 1.807) is 59.9 Å². The van der Waals surface area contributed by atoms with E-state index in [-0.39, 0.29) is 19.1 Å². The van der Waals surface area contributed by atoms with Crippen molar-refractivity contribution in [2.45, 2.75) is 13.5 Å². The third-order valence-corrected chi connectivity index (χ3v) is 3.92. The van der Waals surface area contributed by atoms with Crippen LogP contribution in [0.3, 0.4) is 0 Å². The first kappa shape index (κ1) is 19.3. The summed E-state index contributed by atoms with van der Waals surface area (Å²) in [4.78, 5) is 22.2. The van der Waals surface area contributed by atoms with Crippen molar-refractivity contribution in [1.82, 2.24) is 9.97 Å². The third kappa shape index (κ3) is 4.82. The van der Waals surface area contributed by atoms with Gasteiger partial charge in [-0.3, -0.25) is 9.78 Å². The Morgan fingerprint density at radius 2 is 1.86 bits per heavy atom. The molecule has 2 aromatic heterocycles. The second-order valence-electron chi connectivity index (χ2n) is 5.86. The predicted molar refractivity (Wildman–Crippen MR) is 103 cm³/mol. The summed E-state index contributed by atoms with van der Waals surface area (Å²) < 4.78 is 23.8. The van der Waals surface area contributed by atoms with Crippen molar-refractivity contribution in [1.29, 1.82) is 0 Å². The molecule has 0 atom stereocenters. The van der Waals surface area contributed by atoms with Crippen molar-refractivity contribution in [2.24, 2.45) is 0 Å². The number of para-hydroxylation sites is 1. The van der Waals surface area contributed by atoms with E-state index in [2.05, 4.69) is 9.97 Å². The van der Waals surface area contributed by atoms with Gasteiger partial charge in [-0.1, -0.05) is 18.2 Å². The minimum Gasteiger partial charge on any atom is -0.491 e. The molecule has 0 N–H and O–H groups in total.